The van der Waals surface area contributed by atoms with Gasteiger partial charge in [-0.25, -0.2) is 22.9 Å². The van der Waals surface area contributed by atoms with Crippen molar-refractivity contribution in [3.05, 3.63) is 41.3 Å². The first-order valence-electron chi connectivity index (χ1n) is 10.2. The molecule has 0 aromatic carbocycles. The van der Waals surface area contributed by atoms with Crippen LogP contribution >= 0.6 is 0 Å². The molecule has 2 aromatic rings. The number of carbonyl (C=O) groups excluding carboxylic acids is 2. The predicted octanol–water partition coefficient (Wildman–Crippen LogP) is 1.71. The summed E-state index contributed by atoms with van der Waals surface area (Å²) in [7, 11) is -3.13. The number of rotatable bonds is 7. The Morgan fingerprint density at radius 3 is 2.55 bits per heavy atom. The van der Waals surface area contributed by atoms with Gasteiger partial charge in [0.05, 0.1) is 22.8 Å². The molecule has 0 aliphatic carbocycles. The van der Waals surface area contributed by atoms with Crippen LogP contribution in [-0.2, 0) is 19.4 Å². The van der Waals surface area contributed by atoms with E-state index in [0.717, 1.165) is 11.4 Å². The van der Waals surface area contributed by atoms with Gasteiger partial charge in [0.2, 0.25) is 0 Å². The van der Waals surface area contributed by atoms with Crippen LogP contribution in [-0.4, -0.2) is 70.7 Å². The van der Waals surface area contributed by atoms with Crippen LogP contribution in [0.1, 0.15) is 42.0 Å². The van der Waals surface area contributed by atoms with Gasteiger partial charge in [0, 0.05) is 24.5 Å². The van der Waals surface area contributed by atoms with Crippen LogP contribution in [0.5, 0.6) is 0 Å². The molecular formula is C21H28N4O5S. The van der Waals surface area contributed by atoms with Crippen molar-refractivity contribution in [1.82, 2.24) is 19.7 Å². The first-order chi connectivity index (χ1) is 14.6. The van der Waals surface area contributed by atoms with Crippen LogP contribution in [0, 0.1) is 19.8 Å². The van der Waals surface area contributed by atoms with E-state index in [1.807, 2.05) is 33.8 Å². The van der Waals surface area contributed by atoms with Gasteiger partial charge in [0.15, 0.2) is 22.3 Å². The largest absolute Gasteiger partial charge is 0.452 e. The summed E-state index contributed by atoms with van der Waals surface area (Å²) in [5.41, 5.74) is 2.00. The molecule has 3 heterocycles. The molecule has 168 valence electrons. The molecule has 3 rings (SSSR count). The van der Waals surface area contributed by atoms with Crippen molar-refractivity contribution in [3.63, 3.8) is 0 Å². The molecule has 0 spiro atoms. The van der Waals surface area contributed by atoms with Gasteiger partial charge in [-0.3, -0.25) is 4.79 Å². The van der Waals surface area contributed by atoms with Crippen molar-refractivity contribution < 1.29 is 22.7 Å². The van der Waals surface area contributed by atoms with Gasteiger partial charge in [0.25, 0.3) is 5.91 Å². The number of ether oxygens (including phenoxy) is 1. The van der Waals surface area contributed by atoms with Crippen molar-refractivity contribution in [1.29, 1.82) is 0 Å². The summed E-state index contributed by atoms with van der Waals surface area (Å²) in [6, 6.07) is 4.78. The molecule has 1 aliphatic rings. The minimum Gasteiger partial charge on any atom is -0.452 e. The zero-order valence-electron chi connectivity index (χ0n) is 18.2. The van der Waals surface area contributed by atoms with E-state index in [2.05, 4.69) is 10.1 Å². The van der Waals surface area contributed by atoms with E-state index in [1.54, 1.807) is 16.8 Å². The molecule has 0 N–H and O–H groups in total. The van der Waals surface area contributed by atoms with Gasteiger partial charge in [-0.2, -0.15) is 5.10 Å². The fourth-order valence-corrected chi connectivity index (χ4v) is 5.39. The van der Waals surface area contributed by atoms with Gasteiger partial charge in [0.1, 0.15) is 0 Å². The molecule has 9 nitrogen and oxygen atoms in total. The monoisotopic (exact) mass is 448 g/mol. The van der Waals surface area contributed by atoms with Crippen molar-refractivity contribution in [2.45, 2.75) is 40.2 Å². The Balaban J connectivity index is 1.63. The molecular weight excluding hydrogens is 420 g/mol. The lowest BCUT2D eigenvalue weighted by molar-refractivity contribution is -0.137. The van der Waals surface area contributed by atoms with Gasteiger partial charge >= 0.3 is 5.97 Å². The number of aromatic nitrogens is 3. The second-order valence-corrected chi connectivity index (χ2v) is 10.5. The summed E-state index contributed by atoms with van der Waals surface area (Å²) in [4.78, 5) is 30.9. The van der Waals surface area contributed by atoms with Crippen molar-refractivity contribution in [2.75, 3.05) is 24.7 Å². The lowest BCUT2D eigenvalue weighted by Crippen LogP contribution is -2.45. The molecule has 1 fully saturated rings. The lowest BCUT2D eigenvalue weighted by Gasteiger charge is -2.29. The van der Waals surface area contributed by atoms with Gasteiger partial charge in [-0.15, -0.1) is 0 Å². The molecule has 10 heteroatoms. The minimum atomic E-state index is -3.13. The number of hydrogen-bond acceptors (Lipinski definition) is 7. The van der Waals surface area contributed by atoms with E-state index in [0.29, 0.717) is 18.8 Å². The highest BCUT2D eigenvalue weighted by Gasteiger charge is 2.35. The second-order valence-electron chi connectivity index (χ2n) is 8.32. The van der Waals surface area contributed by atoms with Crippen LogP contribution in [0.2, 0.25) is 0 Å². The maximum Gasteiger partial charge on any atom is 0.340 e. The van der Waals surface area contributed by atoms with Crippen LogP contribution in [0.25, 0.3) is 5.82 Å². The third kappa shape index (κ3) is 5.69. The van der Waals surface area contributed by atoms with E-state index in [9.17, 15) is 18.0 Å². The maximum absolute atomic E-state index is 12.7. The number of esters is 1. The molecule has 0 radical (unpaired) electrons. The van der Waals surface area contributed by atoms with E-state index in [-0.39, 0.29) is 29.0 Å². The zero-order valence-corrected chi connectivity index (χ0v) is 19.1. The van der Waals surface area contributed by atoms with Crippen LogP contribution in [0.15, 0.2) is 24.4 Å². The first-order valence-corrected chi connectivity index (χ1v) is 12.0. The standard InChI is InChI=1S/C21H28N4O5S/c1-14(2)11-24(18-7-8-31(28,29)13-18)20(26)12-30-21(27)17-5-6-19(22-10-17)25-16(4)9-15(3)23-25/h5-6,9-10,14,18H,7-8,11-13H2,1-4H3. The van der Waals surface area contributed by atoms with E-state index >= 15 is 0 Å². The molecule has 1 saturated heterocycles. The minimum absolute atomic E-state index is 0.0445. The number of pyridine rings is 1. The SMILES string of the molecule is Cc1cc(C)n(-c2ccc(C(=O)OCC(=O)N(CC(C)C)C3CCS(=O)(=O)C3)cn2)n1. The van der Waals surface area contributed by atoms with Gasteiger partial charge < -0.3 is 9.64 Å². The number of sulfone groups is 1. The van der Waals surface area contributed by atoms with Crippen LogP contribution < -0.4 is 0 Å². The average Bonchev–Trinajstić information content (AvgIpc) is 3.24. The Bertz CT molecular complexity index is 1060. The van der Waals surface area contributed by atoms with E-state index in [1.165, 1.54) is 11.1 Å². The van der Waals surface area contributed by atoms with Gasteiger partial charge in [-0.05, 0) is 44.4 Å². The molecule has 31 heavy (non-hydrogen) atoms. The number of nitrogens with zero attached hydrogens (tertiary/aromatic N) is 4. The quantitative estimate of drug-likeness (QED) is 0.593. The van der Waals surface area contributed by atoms with Crippen LogP contribution in [0.4, 0.5) is 0 Å². The Morgan fingerprint density at radius 1 is 1.29 bits per heavy atom. The van der Waals surface area contributed by atoms with Crippen molar-refractivity contribution >= 4 is 21.7 Å². The molecule has 1 amide bonds. The fraction of sp³-hybridized carbons (Fsp3) is 0.524. The molecule has 1 unspecified atom stereocenters. The average molecular weight is 449 g/mol. The van der Waals surface area contributed by atoms with Crippen LogP contribution in [0.3, 0.4) is 0 Å². The normalized spacial score (nSPS) is 17.6. The summed E-state index contributed by atoms with van der Waals surface area (Å²) in [5, 5.41) is 4.35. The Labute approximate surface area is 182 Å². The Hall–Kier alpha value is -2.75. The second kappa shape index (κ2) is 9.17. The van der Waals surface area contributed by atoms with Crippen molar-refractivity contribution in [2.24, 2.45) is 5.92 Å². The number of amides is 1. The molecule has 1 atom stereocenters. The van der Waals surface area contributed by atoms with Crippen molar-refractivity contribution in [3.8, 4) is 5.82 Å². The van der Waals surface area contributed by atoms with E-state index in [4.69, 9.17) is 4.74 Å². The third-order valence-electron chi connectivity index (χ3n) is 5.07. The number of carbonyl (C=O) groups is 2. The summed E-state index contributed by atoms with van der Waals surface area (Å²) in [5.74, 6) is -0.289. The molecule has 1 aliphatic heterocycles. The zero-order chi connectivity index (χ0) is 22.8. The lowest BCUT2D eigenvalue weighted by atomic mass is 10.1. The highest BCUT2D eigenvalue weighted by Crippen LogP contribution is 2.19. The molecule has 2 aromatic heterocycles. The summed E-state index contributed by atoms with van der Waals surface area (Å²) >= 11 is 0. The summed E-state index contributed by atoms with van der Waals surface area (Å²) in [6.07, 6.45) is 1.79. The third-order valence-corrected chi connectivity index (χ3v) is 6.82. The number of aryl methyl sites for hydroxylation is 2. The van der Waals surface area contributed by atoms with Gasteiger partial charge in [-0.1, -0.05) is 13.8 Å². The highest BCUT2D eigenvalue weighted by molar-refractivity contribution is 7.91. The Morgan fingerprint density at radius 2 is 2.03 bits per heavy atom. The molecule has 0 bridgehead atoms. The molecule has 0 saturated carbocycles. The fourth-order valence-electron chi connectivity index (χ4n) is 3.66. The van der Waals surface area contributed by atoms with E-state index < -0.39 is 28.3 Å². The topological polar surface area (TPSA) is 111 Å². The summed E-state index contributed by atoms with van der Waals surface area (Å²) < 4.78 is 30.5. The smallest absolute Gasteiger partial charge is 0.340 e. The first kappa shape index (κ1) is 22.9. The Kier molecular flexibility index (Phi) is 6.78. The maximum atomic E-state index is 12.7. The highest BCUT2D eigenvalue weighted by atomic mass is 32.2. The summed E-state index contributed by atoms with van der Waals surface area (Å²) in [6.45, 7) is 7.66. The predicted molar refractivity (Wildman–Crippen MR) is 115 cm³/mol. The number of hydrogen-bond donors (Lipinski definition) is 0.